The van der Waals surface area contributed by atoms with Crippen molar-refractivity contribution in [2.24, 2.45) is 4.99 Å². The number of anilines is 2. The molecule has 0 unspecified atom stereocenters. The molecule has 1 spiro atoms. The number of hydrogen-bond acceptors (Lipinski definition) is 4. The van der Waals surface area contributed by atoms with Gasteiger partial charge in [-0.2, -0.15) is 0 Å². The van der Waals surface area contributed by atoms with E-state index in [1.54, 1.807) is 0 Å². The standard InChI is InChI=1S/C24H30N4/c1-4-13-24(14-5-1)23(26-21-11-2-3-12-22(21)27-24)25-18-19-9-8-10-20(17-19)28-15-6-7-16-28/h2-3,8-12,17,27H,1,4-7,13-16,18H2,(H,25,26). The average molecular weight is 375 g/mol. The summed E-state index contributed by atoms with van der Waals surface area (Å²) in [4.78, 5) is 7.57. The van der Waals surface area contributed by atoms with Crippen molar-refractivity contribution in [2.75, 3.05) is 23.3 Å². The number of para-hydroxylation sites is 2. The molecular weight excluding hydrogens is 344 g/mol. The van der Waals surface area contributed by atoms with E-state index < -0.39 is 0 Å². The third-order valence-electron chi connectivity index (χ3n) is 6.51. The molecule has 2 fully saturated rings. The van der Waals surface area contributed by atoms with Crippen LogP contribution in [0, 0.1) is 0 Å². The lowest BCUT2D eigenvalue weighted by Gasteiger charge is -2.42. The minimum atomic E-state index is -0.0286. The molecule has 0 radical (unpaired) electrons. The van der Waals surface area contributed by atoms with Crippen molar-refractivity contribution in [2.45, 2.75) is 57.0 Å². The zero-order valence-electron chi connectivity index (χ0n) is 16.6. The second-order valence-corrected chi connectivity index (χ2v) is 8.46. The molecule has 4 heteroatoms. The lowest BCUT2D eigenvalue weighted by atomic mass is 9.79. The maximum atomic E-state index is 5.07. The highest BCUT2D eigenvalue weighted by Crippen LogP contribution is 2.40. The quantitative estimate of drug-likeness (QED) is 0.772. The number of amidine groups is 1. The summed E-state index contributed by atoms with van der Waals surface area (Å²) < 4.78 is 0. The van der Waals surface area contributed by atoms with E-state index in [9.17, 15) is 0 Å². The normalized spacial score (nSPS) is 20.4. The van der Waals surface area contributed by atoms with Gasteiger partial charge in [0.15, 0.2) is 0 Å². The number of hydrogen-bond donors (Lipinski definition) is 2. The van der Waals surface area contributed by atoms with Gasteiger partial charge >= 0.3 is 0 Å². The van der Waals surface area contributed by atoms with Crippen molar-refractivity contribution < 1.29 is 0 Å². The molecule has 4 nitrogen and oxygen atoms in total. The fraction of sp³-hybridized carbons (Fsp3) is 0.458. The molecule has 2 aliphatic heterocycles. The topological polar surface area (TPSA) is 39.7 Å². The monoisotopic (exact) mass is 374 g/mol. The van der Waals surface area contributed by atoms with E-state index in [1.165, 1.54) is 62.1 Å². The van der Waals surface area contributed by atoms with Crippen LogP contribution in [0.3, 0.4) is 0 Å². The Kier molecular flexibility index (Phi) is 4.71. The molecule has 1 saturated heterocycles. The van der Waals surface area contributed by atoms with Crippen molar-refractivity contribution >= 4 is 22.9 Å². The third kappa shape index (κ3) is 3.36. The first kappa shape index (κ1) is 17.6. The Balaban J connectivity index is 1.38. The second kappa shape index (κ2) is 7.50. The molecule has 0 atom stereocenters. The van der Waals surface area contributed by atoms with Gasteiger partial charge in [0.1, 0.15) is 5.84 Å². The van der Waals surface area contributed by atoms with Crippen LogP contribution in [0.2, 0.25) is 0 Å². The molecule has 2 N–H and O–H groups in total. The number of fused-ring (bicyclic) bond motifs is 1. The van der Waals surface area contributed by atoms with Gasteiger partial charge in [-0.25, -0.2) is 4.99 Å². The van der Waals surface area contributed by atoms with Gasteiger partial charge in [-0.1, -0.05) is 43.5 Å². The van der Waals surface area contributed by atoms with E-state index in [0.29, 0.717) is 0 Å². The molecule has 2 aromatic carbocycles. The van der Waals surface area contributed by atoms with Gasteiger partial charge in [-0.15, -0.1) is 0 Å². The lowest BCUT2D eigenvalue weighted by Crippen LogP contribution is -2.54. The Labute approximate surface area is 168 Å². The lowest BCUT2D eigenvalue weighted by molar-refractivity contribution is 0.396. The molecule has 0 bridgehead atoms. The van der Waals surface area contributed by atoms with Crippen LogP contribution < -0.4 is 15.5 Å². The van der Waals surface area contributed by atoms with Crippen LogP contribution >= 0.6 is 0 Å². The van der Waals surface area contributed by atoms with Gasteiger partial charge in [0, 0.05) is 25.3 Å². The summed E-state index contributed by atoms with van der Waals surface area (Å²) in [5.41, 5.74) is 4.88. The summed E-state index contributed by atoms with van der Waals surface area (Å²) in [5, 5.41) is 7.58. The van der Waals surface area contributed by atoms with Crippen molar-refractivity contribution in [1.29, 1.82) is 0 Å². The van der Waals surface area contributed by atoms with E-state index in [-0.39, 0.29) is 5.54 Å². The molecular formula is C24H30N4. The predicted molar refractivity (Wildman–Crippen MR) is 118 cm³/mol. The van der Waals surface area contributed by atoms with Crippen LogP contribution in [0.1, 0.15) is 50.5 Å². The molecule has 5 rings (SSSR count). The summed E-state index contributed by atoms with van der Waals surface area (Å²) in [7, 11) is 0. The zero-order chi connectivity index (χ0) is 18.8. The Morgan fingerprint density at radius 3 is 2.61 bits per heavy atom. The molecule has 0 aromatic heterocycles. The van der Waals surface area contributed by atoms with Crippen molar-refractivity contribution in [3.05, 3.63) is 54.1 Å². The largest absolute Gasteiger partial charge is 0.372 e. The van der Waals surface area contributed by atoms with Crippen molar-refractivity contribution in [3.63, 3.8) is 0 Å². The minimum absolute atomic E-state index is 0.0286. The average Bonchev–Trinajstić information content (AvgIpc) is 3.28. The summed E-state index contributed by atoms with van der Waals surface area (Å²) in [6.45, 7) is 3.20. The molecule has 2 aromatic rings. The zero-order valence-corrected chi connectivity index (χ0v) is 16.6. The van der Waals surface area contributed by atoms with Gasteiger partial charge in [0.25, 0.3) is 0 Å². The number of benzene rings is 2. The Bertz CT molecular complexity index is 860. The minimum Gasteiger partial charge on any atom is -0.372 e. The summed E-state index contributed by atoms with van der Waals surface area (Å²) >= 11 is 0. The summed E-state index contributed by atoms with van der Waals surface area (Å²) in [6.07, 6.45) is 8.79. The van der Waals surface area contributed by atoms with Crippen LogP contribution in [-0.2, 0) is 6.54 Å². The number of rotatable bonds is 3. The molecule has 0 amide bonds. The van der Waals surface area contributed by atoms with E-state index in [1.807, 2.05) is 0 Å². The molecule has 28 heavy (non-hydrogen) atoms. The van der Waals surface area contributed by atoms with Gasteiger partial charge in [0.05, 0.1) is 16.9 Å². The Morgan fingerprint density at radius 1 is 0.929 bits per heavy atom. The van der Waals surface area contributed by atoms with E-state index in [0.717, 1.165) is 30.9 Å². The first-order valence-corrected chi connectivity index (χ1v) is 10.9. The molecule has 146 valence electrons. The van der Waals surface area contributed by atoms with Gasteiger partial charge < -0.3 is 15.5 Å². The Morgan fingerprint density at radius 2 is 1.75 bits per heavy atom. The van der Waals surface area contributed by atoms with Gasteiger partial charge in [0.2, 0.25) is 0 Å². The Hall–Kier alpha value is -2.49. The van der Waals surface area contributed by atoms with Crippen LogP contribution in [0.4, 0.5) is 17.1 Å². The summed E-state index contributed by atoms with van der Waals surface area (Å²) in [5.74, 6) is 1.12. The van der Waals surface area contributed by atoms with Gasteiger partial charge in [-0.05, 0) is 55.5 Å². The van der Waals surface area contributed by atoms with E-state index >= 15 is 0 Å². The molecule has 2 heterocycles. The highest BCUT2D eigenvalue weighted by molar-refractivity contribution is 6.00. The maximum absolute atomic E-state index is 5.07. The predicted octanol–water partition coefficient (Wildman–Crippen LogP) is 5.24. The number of nitrogens with zero attached hydrogens (tertiary/aromatic N) is 2. The molecule has 1 saturated carbocycles. The first-order valence-electron chi connectivity index (χ1n) is 10.9. The van der Waals surface area contributed by atoms with Crippen molar-refractivity contribution in [1.82, 2.24) is 5.32 Å². The van der Waals surface area contributed by atoms with Crippen molar-refractivity contribution in [3.8, 4) is 0 Å². The highest BCUT2D eigenvalue weighted by atomic mass is 15.2. The first-order chi connectivity index (χ1) is 13.8. The number of nitrogens with one attached hydrogen (secondary N) is 2. The van der Waals surface area contributed by atoms with Crippen LogP contribution in [-0.4, -0.2) is 24.5 Å². The van der Waals surface area contributed by atoms with E-state index in [2.05, 4.69) is 64.1 Å². The van der Waals surface area contributed by atoms with Gasteiger partial charge in [-0.3, -0.25) is 0 Å². The SMILES string of the molecule is c1cc(CNC2=Nc3ccccc3NC23CCCCC3)cc(N2CCCC2)c1. The third-order valence-corrected chi connectivity index (χ3v) is 6.51. The smallest absolute Gasteiger partial charge is 0.128 e. The molecule has 1 aliphatic carbocycles. The van der Waals surface area contributed by atoms with Crippen LogP contribution in [0.5, 0.6) is 0 Å². The second-order valence-electron chi connectivity index (χ2n) is 8.46. The van der Waals surface area contributed by atoms with Crippen LogP contribution in [0.25, 0.3) is 0 Å². The van der Waals surface area contributed by atoms with E-state index in [4.69, 9.17) is 4.99 Å². The highest BCUT2D eigenvalue weighted by Gasteiger charge is 2.40. The molecule has 3 aliphatic rings. The summed E-state index contributed by atoms with van der Waals surface area (Å²) in [6, 6.07) is 17.4. The fourth-order valence-electron chi connectivity index (χ4n) is 4.97. The maximum Gasteiger partial charge on any atom is 0.128 e. The van der Waals surface area contributed by atoms with Crippen LogP contribution in [0.15, 0.2) is 53.5 Å². The number of aliphatic imine (C=N–C) groups is 1. The fourth-order valence-corrected chi connectivity index (χ4v) is 4.97.